The van der Waals surface area contributed by atoms with Crippen molar-refractivity contribution in [3.05, 3.63) is 12.1 Å². The van der Waals surface area contributed by atoms with E-state index in [2.05, 4.69) is 22.5 Å². The molecule has 196 valence electrons. The number of amides is 3. The Balaban J connectivity index is 1.37. The lowest BCUT2D eigenvalue weighted by atomic mass is 9.93. The van der Waals surface area contributed by atoms with Crippen molar-refractivity contribution in [3.63, 3.8) is 0 Å². The van der Waals surface area contributed by atoms with Crippen molar-refractivity contribution in [3.8, 4) is 17.2 Å². The zero-order valence-electron chi connectivity index (χ0n) is 21.7. The summed E-state index contributed by atoms with van der Waals surface area (Å²) in [6.45, 7) is 7.73. The number of methoxy groups -OCH3 is 3. The van der Waals surface area contributed by atoms with Crippen molar-refractivity contribution in [1.82, 2.24) is 15.1 Å². The van der Waals surface area contributed by atoms with Crippen LogP contribution in [0.2, 0.25) is 0 Å². The highest BCUT2D eigenvalue weighted by Gasteiger charge is 2.25. The number of carbonyl (C=O) groups excluding carboxylic acids is 2. The highest BCUT2D eigenvalue weighted by atomic mass is 16.5. The quantitative estimate of drug-likeness (QED) is 0.487. The number of ether oxygens (including phenoxy) is 3. The van der Waals surface area contributed by atoms with E-state index in [0.717, 1.165) is 38.3 Å². The van der Waals surface area contributed by atoms with Gasteiger partial charge in [-0.25, -0.2) is 4.79 Å². The molecule has 0 aliphatic carbocycles. The molecule has 0 radical (unpaired) electrons. The summed E-state index contributed by atoms with van der Waals surface area (Å²) in [5.41, 5.74) is 0.574. The van der Waals surface area contributed by atoms with E-state index >= 15 is 0 Å². The molecule has 3 amide bonds. The van der Waals surface area contributed by atoms with Crippen LogP contribution < -0.4 is 24.8 Å². The Labute approximate surface area is 209 Å². The molecule has 1 aromatic carbocycles. The van der Waals surface area contributed by atoms with Gasteiger partial charge < -0.3 is 34.6 Å². The zero-order valence-corrected chi connectivity index (χ0v) is 21.7. The van der Waals surface area contributed by atoms with Crippen LogP contribution in [-0.2, 0) is 4.79 Å². The molecular formula is C26H42N4O5. The normalized spacial score (nSPS) is 19.2. The SMILES string of the molecule is COc1cc(NC(=O)N2CCC(CC(=O)NCCCN3CCC[C@@H](C)C3)CC2)cc(OC)c1OC. The number of piperidine rings is 2. The number of rotatable bonds is 10. The number of hydrogen-bond donors (Lipinski definition) is 2. The van der Waals surface area contributed by atoms with Crippen LogP contribution in [0.4, 0.5) is 10.5 Å². The van der Waals surface area contributed by atoms with E-state index in [0.29, 0.717) is 48.4 Å². The number of nitrogens with zero attached hydrogens (tertiary/aromatic N) is 2. The van der Waals surface area contributed by atoms with Crippen LogP contribution in [0.1, 0.15) is 45.4 Å². The molecule has 2 aliphatic rings. The molecule has 0 unspecified atom stereocenters. The van der Waals surface area contributed by atoms with Crippen molar-refractivity contribution < 1.29 is 23.8 Å². The Bertz CT molecular complexity index is 816. The number of hydrogen-bond acceptors (Lipinski definition) is 6. The van der Waals surface area contributed by atoms with Crippen molar-refractivity contribution in [1.29, 1.82) is 0 Å². The van der Waals surface area contributed by atoms with Gasteiger partial charge in [0.2, 0.25) is 11.7 Å². The van der Waals surface area contributed by atoms with Gasteiger partial charge in [-0.3, -0.25) is 4.79 Å². The summed E-state index contributed by atoms with van der Waals surface area (Å²) in [5.74, 6) is 2.66. The number of carbonyl (C=O) groups is 2. The van der Waals surface area contributed by atoms with E-state index in [1.807, 2.05) is 0 Å². The van der Waals surface area contributed by atoms with Gasteiger partial charge in [0.1, 0.15) is 0 Å². The summed E-state index contributed by atoms with van der Waals surface area (Å²) in [4.78, 5) is 29.5. The summed E-state index contributed by atoms with van der Waals surface area (Å²) in [7, 11) is 4.62. The Morgan fingerprint density at radius 3 is 2.29 bits per heavy atom. The van der Waals surface area contributed by atoms with E-state index in [1.165, 1.54) is 25.9 Å². The molecule has 9 heteroatoms. The smallest absolute Gasteiger partial charge is 0.321 e. The van der Waals surface area contributed by atoms with Gasteiger partial charge in [-0.05, 0) is 57.0 Å². The summed E-state index contributed by atoms with van der Waals surface area (Å²) in [6.07, 6.45) is 5.79. The van der Waals surface area contributed by atoms with Crippen molar-refractivity contribution in [2.75, 3.05) is 65.9 Å². The van der Waals surface area contributed by atoms with E-state index in [1.54, 1.807) is 38.4 Å². The molecule has 1 aromatic rings. The molecule has 0 bridgehead atoms. The molecule has 9 nitrogen and oxygen atoms in total. The van der Waals surface area contributed by atoms with Crippen LogP contribution in [0.5, 0.6) is 17.2 Å². The lowest BCUT2D eigenvalue weighted by molar-refractivity contribution is -0.122. The molecular weight excluding hydrogens is 448 g/mol. The minimum atomic E-state index is -0.172. The molecule has 3 rings (SSSR count). The average Bonchev–Trinajstić information content (AvgIpc) is 2.86. The first kappa shape index (κ1) is 26.9. The van der Waals surface area contributed by atoms with Gasteiger partial charge in [0.05, 0.1) is 27.0 Å². The third-order valence-electron chi connectivity index (χ3n) is 7.01. The predicted molar refractivity (Wildman–Crippen MR) is 136 cm³/mol. The lowest BCUT2D eigenvalue weighted by Crippen LogP contribution is -2.42. The largest absolute Gasteiger partial charge is 0.493 e. The van der Waals surface area contributed by atoms with Crippen molar-refractivity contribution >= 4 is 17.6 Å². The first-order valence-corrected chi connectivity index (χ1v) is 12.8. The van der Waals surface area contributed by atoms with E-state index < -0.39 is 0 Å². The summed E-state index contributed by atoms with van der Waals surface area (Å²) >= 11 is 0. The van der Waals surface area contributed by atoms with Crippen LogP contribution in [0.25, 0.3) is 0 Å². The lowest BCUT2D eigenvalue weighted by Gasteiger charge is -2.32. The van der Waals surface area contributed by atoms with Gasteiger partial charge >= 0.3 is 6.03 Å². The number of urea groups is 1. The van der Waals surface area contributed by atoms with E-state index in [4.69, 9.17) is 14.2 Å². The Morgan fingerprint density at radius 1 is 1.00 bits per heavy atom. The summed E-state index contributed by atoms with van der Waals surface area (Å²) in [6, 6.07) is 3.25. The van der Waals surface area contributed by atoms with Gasteiger partial charge in [0.25, 0.3) is 0 Å². The minimum absolute atomic E-state index is 0.123. The van der Waals surface area contributed by atoms with Crippen LogP contribution in [0.3, 0.4) is 0 Å². The van der Waals surface area contributed by atoms with E-state index in [9.17, 15) is 9.59 Å². The molecule has 1 atom stereocenters. The fourth-order valence-corrected chi connectivity index (χ4v) is 5.05. The maximum absolute atomic E-state index is 12.8. The highest BCUT2D eigenvalue weighted by molar-refractivity contribution is 5.90. The number of benzene rings is 1. The molecule has 2 aliphatic heterocycles. The van der Waals surface area contributed by atoms with Crippen LogP contribution >= 0.6 is 0 Å². The number of anilines is 1. The second-order valence-corrected chi connectivity index (χ2v) is 9.73. The predicted octanol–water partition coefficient (Wildman–Crippen LogP) is 3.58. The van der Waals surface area contributed by atoms with Crippen LogP contribution in [-0.4, -0.2) is 82.3 Å². The van der Waals surface area contributed by atoms with Crippen molar-refractivity contribution in [2.45, 2.75) is 45.4 Å². The molecule has 35 heavy (non-hydrogen) atoms. The monoisotopic (exact) mass is 490 g/mol. The van der Waals surface area contributed by atoms with Crippen LogP contribution in [0.15, 0.2) is 12.1 Å². The minimum Gasteiger partial charge on any atom is -0.493 e. The van der Waals surface area contributed by atoms with Gasteiger partial charge in [-0.2, -0.15) is 0 Å². The molecule has 0 aromatic heterocycles. The standard InChI is InChI=1S/C26H42N4O5/c1-19-7-5-11-29(18-19)12-6-10-27-24(31)15-20-8-13-30(14-9-20)26(32)28-21-16-22(33-2)25(35-4)23(17-21)34-3/h16-17,19-20H,5-15,18H2,1-4H3,(H,27,31)(H,28,32)/t19-/m1/s1. The second-order valence-electron chi connectivity index (χ2n) is 9.73. The summed E-state index contributed by atoms with van der Waals surface area (Å²) < 4.78 is 16.0. The molecule has 2 N–H and O–H groups in total. The summed E-state index contributed by atoms with van der Waals surface area (Å²) in [5, 5.41) is 6.01. The molecule has 0 saturated carbocycles. The van der Waals surface area contributed by atoms with Gasteiger partial charge in [-0.15, -0.1) is 0 Å². The molecule has 2 heterocycles. The maximum Gasteiger partial charge on any atom is 0.321 e. The highest BCUT2D eigenvalue weighted by Crippen LogP contribution is 2.40. The first-order chi connectivity index (χ1) is 16.9. The fraction of sp³-hybridized carbons (Fsp3) is 0.692. The third kappa shape index (κ3) is 7.92. The van der Waals surface area contributed by atoms with Crippen LogP contribution in [0, 0.1) is 11.8 Å². The number of likely N-dealkylation sites (tertiary alicyclic amines) is 2. The maximum atomic E-state index is 12.8. The van der Waals surface area contributed by atoms with Crippen molar-refractivity contribution in [2.24, 2.45) is 11.8 Å². The van der Waals surface area contributed by atoms with Gasteiger partial charge in [0.15, 0.2) is 11.5 Å². The van der Waals surface area contributed by atoms with Gasteiger partial charge in [-0.1, -0.05) is 6.92 Å². The molecule has 0 spiro atoms. The molecule has 2 fully saturated rings. The zero-order chi connectivity index (χ0) is 25.2. The second kappa shape index (κ2) is 13.4. The first-order valence-electron chi connectivity index (χ1n) is 12.8. The number of nitrogens with one attached hydrogen (secondary N) is 2. The van der Waals surface area contributed by atoms with E-state index in [-0.39, 0.29) is 11.9 Å². The fourth-order valence-electron chi connectivity index (χ4n) is 5.05. The Kier molecular flexibility index (Phi) is 10.3. The Morgan fingerprint density at radius 2 is 1.69 bits per heavy atom. The average molecular weight is 491 g/mol. The topological polar surface area (TPSA) is 92.4 Å². The molecule has 2 saturated heterocycles. The Hall–Kier alpha value is -2.68. The third-order valence-corrected chi connectivity index (χ3v) is 7.01. The van der Waals surface area contributed by atoms with Gasteiger partial charge in [0, 0.05) is 44.7 Å².